The second kappa shape index (κ2) is 11.3. The SMILES string of the molecule is COc1cc(N2CCC(Oc3ccc(-c4ccccc4)cc3)C2=O)ccc1OC[C@@H](O)CSC. The summed E-state index contributed by atoms with van der Waals surface area (Å²) < 4.78 is 17.2. The normalized spacial score (nSPS) is 16.4. The van der Waals surface area contributed by atoms with Crippen molar-refractivity contribution in [2.24, 2.45) is 0 Å². The highest BCUT2D eigenvalue weighted by atomic mass is 32.2. The highest BCUT2D eigenvalue weighted by Gasteiger charge is 2.34. The van der Waals surface area contributed by atoms with Crippen LogP contribution in [-0.2, 0) is 4.79 Å². The Labute approximate surface area is 204 Å². The Morgan fingerprint density at radius 3 is 2.47 bits per heavy atom. The highest BCUT2D eigenvalue weighted by Crippen LogP contribution is 2.34. The van der Waals surface area contributed by atoms with Crippen LogP contribution >= 0.6 is 11.8 Å². The first-order chi connectivity index (χ1) is 16.6. The van der Waals surface area contributed by atoms with E-state index in [2.05, 4.69) is 12.1 Å². The predicted molar refractivity (Wildman–Crippen MR) is 136 cm³/mol. The maximum Gasteiger partial charge on any atom is 0.268 e. The van der Waals surface area contributed by atoms with Gasteiger partial charge in [-0.1, -0.05) is 42.5 Å². The molecule has 0 bridgehead atoms. The van der Waals surface area contributed by atoms with Crippen LogP contribution in [0.4, 0.5) is 5.69 Å². The summed E-state index contributed by atoms with van der Waals surface area (Å²) >= 11 is 1.56. The molecule has 6 nitrogen and oxygen atoms in total. The molecule has 2 atom stereocenters. The maximum absolute atomic E-state index is 13.1. The Kier molecular flexibility index (Phi) is 7.98. The van der Waals surface area contributed by atoms with Crippen LogP contribution in [0.5, 0.6) is 17.2 Å². The molecule has 0 aliphatic carbocycles. The molecular weight excluding hydrogens is 450 g/mol. The topological polar surface area (TPSA) is 68.2 Å². The summed E-state index contributed by atoms with van der Waals surface area (Å²) in [7, 11) is 1.56. The molecule has 1 fully saturated rings. The summed E-state index contributed by atoms with van der Waals surface area (Å²) in [6.45, 7) is 0.736. The van der Waals surface area contributed by atoms with Gasteiger partial charge in [0.2, 0.25) is 0 Å². The quantitative estimate of drug-likeness (QED) is 0.457. The van der Waals surface area contributed by atoms with E-state index in [-0.39, 0.29) is 12.5 Å². The Bertz CT molecular complexity index is 1090. The lowest BCUT2D eigenvalue weighted by atomic mass is 10.1. The zero-order chi connectivity index (χ0) is 23.9. The fourth-order valence-electron chi connectivity index (χ4n) is 3.91. The zero-order valence-corrected chi connectivity index (χ0v) is 20.2. The summed E-state index contributed by atoms with van der Waals surface area (Å²) in [5, 5.41) is 9.91. The second-order valence-corrected chi connectivity index (χ2v) is 8.94. The van der Waals surface area contributed by atoms with E-state index >= 15 is 0 Å². The van der Waals surface area contributed by atoms with Crippen LogP contribution in [0.3, 0.4) is 0 Å². The molecule has 1 aliphatic heterocycles. The number of amides is 1. The van der Waals surface area contributed by atoms with Crippen molar-refractivity contribution in [3.63, 3.8) is 0 Å². The first-order valence-corrected chi connectivity index (χ1v) is 12.6. The lowest BCUT2D eigenvalue weighted by molar-refractivity contribution is -0.122. The van der Waals surface area contributed by atoms with Crippen LogP contribution < -0.4 is 19.1 Å². The minimum Gasteiger partial charge on any atom is -0.493 e. The van der Waals surface area contributed by atoms with Gasteiger partial charge in [0, 0.05) is 30.5 Å². The van der Waals surface area contributed by atoms with Crippen LogP contribution in [0, 0.1) is 0 Å². The summed E-state index contributed by atoms with van der Waals surface area (Å²) in [4.78, 5) is 14.8. The molecule has 3 aromatic carbocycles. The predicted octanol–water partition coefficient (Wildman–Crippen LogP) is 4.65. The van der Waals surface area contributed by atoms with Gasteiger partial charge in [0.25, 0.3) is 5.91 Å². The van der Waals surface area contributed by atoms with Crippen LogP contribution in [0.25, 0.3) is 11.1 Å². The minimum absolute atomic E-state index is 0.0850. The molecule has 1 heterocycles. The molecule has 1 unspecified atom stereocenters. The number of benzene rings is 3. The van der Waals surface area contributed by atoms with Crippen molar-refractivity contribution in [3.8, 4) is 28.4 Å². The van der Waals surface area contributed by atoms with Crippen molar-refractivity contribution in [2.45, 2.75) is 18.6 Å². The summed E-state index contributed by atoms with van der Waals surface area (Å²) in [5.41, 5.74) is 2.96. The third kappa shape index (κ3) is 5.66. The molecule has 0 saturated carbocycles. The van der Waals surface area contributed by atoms with Crippen LogP contribution in [0.15, 0.2) is 72.8 Å². The van der Waals surface area contributed by atoms with Gasteiger partial charge in [-0.2, -0.15) is 11.8 Å². The standard InChI is InChI=1S/C27H29NO5S/c1-31-26-16-21(10-13-24(26)32-17-22(29)18-34-2)28-15-14-25(27(28)30)33-23-11-8-20(9-12-23)19-6-4-3-5-7-19/h3-13,16,22,25,29H,14-15,17-18H2,1-2H3/t22-,25?/m1/s1. The number of carbonyl (C=O) groups is 1. The number of anilines is 1. The lowest BCUT2D eigenvalue weighted by Crippen LogP contribution is -2.32. The molecule has 178 valence electrons. The number of ether oxygens (including phenoxy) is 3. The Hall–Kier alpha value is -3.16. The van der Waals surface area contributed by atoms with Gasteiger partial charge in [0.1, 0.15) is 12.4 Å². The number of aliphatic hydroxyl groups is 1. The van der Waals surface area contributed by atoms with E-state index in [1.165, 1.54) is 0 Å². The molecule has 7 heteroatoms. The maximum atomic E-state index is 13.1. The summed E-state index contributed by atoms with van der Waals surface area (Å²) in [6, 6.07) is 23.3. The van der Waals surface area contributed by atoms with Crippen LogP contribution in [-0.4, -0.2) is 55.5 Å². The third-order valence-corrected chi connectivity index (χ3v) is 6.36. The molecule has 1 aliphatic rings. The summed E-state index contributed by atoms with van der Waals surface area (Å²) in [5.74, 6) is 2.23. The van der Waals surface area contributed by atoms with Gasteiger partial charge in [-0.25, -0.2) is 0 Å². The lowest BCUT2D eigenvalue weighted by Gasteiger charge is -2.20. The molecule has 1 N–H and O–H groups in total. The van der Waals surface area contributed by atoms with E-state index in [1.807, 2.05) is 54.8 Å². The van der Waals surface area contributed by atoms with Gasteiger partial charge >= 0.3 is 0 Å². The molecule has 0 spiro atoms. The highest BCUT2D eigenvalue weighted by molar-refractivity contribution is 7.98. The van der Waals surface area contributed by atoms with E-state index in [0.29, 0.717) is 36.0 Å². The van der Waals surface area contributed by atoms with Crippen molar-refractivity contribution in [2.75, 3.05) is 37.2 Å². The fourth-order valence-corrected chi connectivity index (χ4v) is 4.39. The van der Waals surface area contributed by atoms with Crippen LogP contribution in [0.2, 0.25) is 0 Å². The number of hydrogen-bond donors (Lipinski definition) is 1. The third-order valence-electron chi connectivity index (χ3n) is 5.65. The number of carbonyl (C=O) groups excluding carboxylic acids is 1. The molecule has 0 aromatic heterocycles. The van der Waals surface area contributed by atoms with Gasteiger partial charge in [0.15, 0.2) is 17.6 Å². The molecular formula is C27H29NO5S. The van der Waals surface area contributed by atoms with Gasteiger partial charge in [-0.3, -0.25) is 4.79 Å². The first-order valence-electron chi connectivity index (χ1n) is 11.2. The molecule has 1 saturated heterocycles. The molecule has 3 aromatic rings. The van der Waals surface area contributed by atoms with Crippen molar-refractivity contribution in [3.05, 3.63) is 72.8 Å². The van der Waals surface area contributed by atoms with Crippen molar-refractivity contribution in [1.29, 1.82) is 0 Å². The van der Waals surface area contributed by atoms with Gasteiger partial charge in [-0.15, -0.1) is 0 Å². The number of methoxy groups -OCH3 is 1. The van der Waals surface area contributed by atoms with Gasteiger partial charge in [-0.05, 0) is 41.6 Å². The monoisotopic (exact) mass is 479 g/mol. The average Bonchev–Trinajstić information content (AvgIpc) is 3.23. The Balaban J connectivity index is 1.40. The number of nitrogens with zero attached hydrogens (tertiary/aromatic N) is 1. The number of hydrogen-bond acceptors (Lipinski definition) is 6. The summed E-state index contributed by atoms with van der Waals surface area (Å²) in [6.07, 6.45) is 1.44. The van der Waals surface area contributed by atoms with E-state index < -0.39 is 12.2 Å². The molecule has 34 heavy (non-hydrogen) atoms. The molecule has 4 rings (SSSR count). The van der Waals surface area contributed by atoms with E-state index in [0.717, 1.165) is 16.8 Å². The number of aliphatic hydroxyl groups excluding tert-OH is 1. The van der Waals surface area contributed by atoms with E-state index in [4.69, 9.17) is 14.2 Å². The van der Waals surface area contributed by atoms with E-state index in [1.54, 1.807) is 35.9 Å². The average molecular weight is 480 g/mol. The fraction of sp³-hybridized carbons (Fsp3) is 0.296. The number of rotatable bonds is 10. The molecule has 1 amide bonds. The van der Waals surface area contributed by atoms with Crippen molar-refractivity contribution >= 4 is 23.4 Å². The van der Waals surface area contributed by atoms with Crippen molar-refractivity contribution in [1.82, 2.24) is 0 Å². The number of thioether (sulfide) groups is 1. The largest absolute Gasteiger partial charge is 0.493 e. The van der Waals surface area contributed by atoms with Gasteiger partial charge in [0.05, 0.1) is 13.2 Å². The van der Waals surface area contributed by atoms with Gasteiger partial charge < -0.3 is 24.2 Å². The first kappa shape index (κ1) is 24.0. The second-order valence-electron chi connectivity index (χ2n) is 8.03. The van der Waals surface area contributed by atoms with E-state index in [9.17, 15) is 9.90 Å². The zero-order valence-electron chi connectivity index (χ0n) is 19.3. The van der Waals surface area contributed by atoms with Crippen LogP contribution in [0.1, 0.15) is 6.42 Å². The molecule has 0 radical (unpaired) electrons. The minimum atomic E-state index is -0.556. The smallest absolute Gasteiger partial charge is 0.268 e. The van der Waals surface area contributed by atoms with Crippen molar-refractivity contribution < 1.29 is 24.1 Å². The Morgan fingerprint density at radius 1 is 1.03 bits per heavy atom. The Morgan fingerprint density at radius 2 is 1.76 bits per heavy atom.